The second-order valence-electron chi connectivity index (χ2n) is 9.35. The van der Waals surface area contributed by atoms with Crippen molar-refractivity contribution in [3.8, 4) is 11.1 Å². The van der Waals surface area contributed by atoms with Crippen LogP contribution in [0.5, 0.6) is 0 Å². The van der Waals surface area contributed by atoms with Crippen LogP contribution in [0.25, 0.3) is 11.1 Å². The van der Waals surface area contributed by atoms with Crippen molar-refractivity contribution in [1.82, 2.24) is 10.2 Å². The SMILES string of the molecule is C=CCN1CC(c2cc(-c3ccccc3Cl)c3c(c2)N(c2c(Cl)cccc2Cl)C(=O)NC3)[C@@H](C(=O)OC)C1. The number of anilines is 2. The highest BCUT2D eigenvalue weighted by Crippen LogP contribution is 2.47. The molecule has 0 aromatic heterocycles. The number of para-hydroxylation sites is 1. The molecule has 1 saturated heterocycles. The summed E-state index contributed by atoms with van der Waals surface area (Å²) in [7, 11) is 1.41. The van der Waals surface area contributed by atoms with Crippen LogP contribution in [-0.2, 0) is 16.1 Å². The first-order chi connectivity index (χ1) is 18.3. The first-order valence-electron chi connectivity index (χ1n) is 12.2. The third kappa shape index (κ3) is 4.78. The lowest BCUT2D eigenvalue weighted by atomic mass is 9.84. The zero-order valence-corrected chi connectivity index (χ0v) is 23.0. The number of nitrogens with one attached hydrogen (secondary N) is 1. The Hall–Kier alpha value is -3.03. The number of amides is 2. The maximum absolute atomic E-state index is 13.3. The fourth-order valence-corrected chi connectivity index (χ4v) is 6.22. The summed E-state index contributed by atoms with van der Waals surface area (Å²) in [6.45, 7) is 5.97. The van der Waals surface area contributed by atoms with Crippen LogP contribution in [0.1, 0.15) is 17.0 Å². The third-order valence-corrected chi connectivity index (χ3v) is 8.09. The van der Waals surface area contributed by atoms with Gasteiger partial charge in [0.25, 0.3) is 0 Å². The summed E-state index contributed by atoms with van der Waals surface area (Å²) in [5.74, 6) is -0.836. The largest absolute Gasteiger partial charge is 0.469 e. The molecule has 0 spiro atoms. The van der Waals surface area contributed by atoms with Crippen LogP contribution < -0.4 is 10.2 Å². The van der Waals surface area contributed by atoms with Gasteiger partial charge in [-0.2, -0.15) is 0 Å². The number of ether oxygens (including phenoxy) is 1. The molecule has 2 aliphatic rings. The Balaban J connectivity index is 1.76. The normalized spacial score (nSPS) is 19.2. The highest BCUT2D eigenvalue weighted by molar-refractivity contribution is 6.40. The molecule has 0 aliphatic carbocycles. The zero-order valence-electron chi connectivity index (χ0n) is 20.7. The predicted octanol–water partition coefficient (Wildman–Crippen LogP) is 7.05. The number of nitrogens with zero attached hydrogens (tertiary/aromatic N) is 2. The fraction of sp³-hybridized carbons (Fsp3) is 0.241. The number of benzene rings is 3. The number of urea groups is 1. The van der Waals surface area contributed by atoms with Gasteiger partial charge in [-0.05, 0) is 35.4 Å². The number of likely N-dealkylation sites (tertiary alicyclic amines) is 1. The molecule has 0 bridgehead atoms. The topological polar surface area (TPSA) is 61.9 Å². The van der Waals surface area contributed by atoms with Crippen molar-refractivity contribution in [2.75, 3.05) is 31.6 Å². The van der Waals surface area contributed by atoms with Crippen LogP contribution in [0.4, 0.5) is 16.2 Å². The van der Waals surface area contributed by atoms with E-state index in [1.165, 1.54) is 12.0 Å². The molecule has 0 saturated carbocycles. The van der Waals surface area contributed by atoms with Gasteiger partial charge in [0.2, 0.25) is 0 Å². The van der Waals surface area contributed by atoms with Crippen molar-refractivity contribution in [1.29, 1.82) is 0 Å². The Bertz CT molecular complexity index is 1410. The zero-order chi connectivity index (χ0) is 27.0. The standard InChI is InChI=1S/C29H26Cl3N3O3/c1-3-11-34-15-21(22(16-34)28(36)38-2)17-12-19(18-7-4-5-8-23(18)30)20-14-33-29(37)35(26(20)13-17)27-24(31)9-6-10-25(27)32/h3-10,12-13,21-22H,1,11,14-16H2,2H3,(H,33,37)/t21?,22-/m0/s1. The van der Waals surface area contributed by atoms with Gasteiger partial charge in [-0.1, -0.05) is 71.2 Å². The van der Waals surface area contributed by atoms with Crippen LogP contribution in [0.15, 0.2) is 67.3 Å². The molecule has 0 radical (unpaired) electrons. The summed E-state index contributed by atoms with van der Waals surface area (Å²) in [5.41, 5.74) is 4.48. The van der Waals surface area contributed by atoms with Crippen LogP contribution >= 0.6 is 34.8 Å². The third-order valence-electron chi connectivity index (χ3n) is 7.15. The van der Waals surface area contributed by atoms with E-state index in [1.54, 1.807) is 18.2 Å². The maximum Gasteiger partial charge on any atom is 0.326 e. The number of esters is 1. The molecule has 5 rings (SSSR count). The quantitative estimate of drug-likeness (QED) is 0.255. The summed E-state index contributed by atoms with van der Waals surface area (Å²) in [6.07, 6.45) is 1.82. The summed E-state index contributed by atoms with van der Waals surface area (Å²) in [6, 6.07) is 16.4. The number of hydrogen-bond acceptors (Lipinski definition) is 4. The number of fused-ring (bicyclic) bond motifs is 1. The molecule has 1 N–H and O–H groups in total. The highest BCUT2D eigenvalue weighted by Gasteiger charge is 2.40. The number of halogens is 3. The van der Waals surface area contributed by atoms with E-state index in [9.17, 15) is 9.59 Å². The molecule has 2 aliphatic heterocycles. The Morgan fingerprint density at radius 2 is 1.76 bits per heavy atom. The van der Waals surface area contributed by atoms with Gasteiger partial charge >= 0.3 is 12.0 Å². The lowest BCUT2D eigenvalue weighted by molar-refractivity contribution is -0.145. The second-order valence-corrected chi connectivity index (χ2v) is 10.6. The van der Waals surface area contributed by atoms with Crippen molar-refractivity contribution in [2.24, 2.45) is 5.92 Å². The maximum atomic E-state index is 13.3. The molecule has 2 amide bonds. The van der Waals surface area contributed by atoms with Gasteiger partial charge in [-0.3, -0.25) is 14.6 Å². The summed E-state index contributed by atoms with van der Waals surface area (Å²) in [4.78, 5) is 29.9. The minimum Gasteiger partial charge on any atom is -0.469 e. The van der Waals surface area contributed by atoms with E-state index < -0.39 is 0 Å². The number of methoxy groups -OCH3 is 1. The van der Waals surface area contributed by atoms with E-state index in [-0.39, 0.29) is 23.8 Å². The van der Waals surface area contributed by atoms with Crippen LogP contribution in [0.3, 0.4) is 0 Å². The summed E-state index contributed by atoms with van der Waals surface area (Å²) in [5, 5.41) is 4.22. The van der Waals surface area contributed by atoms with Crippen molar-refractivity contribution in [3.63, 3.8) is 0 Å². The molecule has 9 heteroatoms. The van der Waals surface area contributed by atoms with Crippen molar-refractivity contribution in [2.45, 2.75) is 12.5 Å². The van der Waals surface area contributed by atoms with E-state index in [0.717, 1.165) is 22.3 Å². The highest BCUT2D eigenvalue weighted by atomic mass is 35.5. The molecule has 2 atom stereocenters. The van der Waals surface area contributed by atoms with E-state index in [1.807, 2.05) is 36.4 Å². The molecular weight excluding hydrogens is 545 g/mol. The Morgan fingerprint density at radius 3 is 2.45 bits per heavy atom. The monoisotopic (exact) mass is 569 g/mol. The van der Waals surface area contributed by atoms with E-state index in [2.05, 4.69) is 22.9 Å². The molecule has 3 aromatic carbocycles. The smallest absolute Gasteiger partial charge is 0.326 e. The minimum atomic E-state index is -0.383. The van der Waals surface area contributed by atoms with Gasteiger partial charge in [0.05, 0.1) is 34.4 Å². The predicted molar refractivity (Wildman–Crippen MR) is 153 cm³/mol. The van der Waals surface area contributed by atoms with Gasteiger partial charge in [0, 0.05) is 48.2 Å². The molecule has 1 fully saturated rings. The number of hydrogen-bond donors (Lipinski definition) is 1. The van der Waals surface area contributed by atoms with Gasteiger partial charge in [0.15, 0.2) is 0 Å². The average Bonchev–Trinajstić information content (AvgIpc) is 3.33. The van der Waals surface area contributed by atoms with Gasteiger partial charge in [0.1, 0.15) is 0 Å². The number of carbonyl (C=O) groups is 2. The van der Waals surface area contributed by atoms with E-state index in [0.29, 0.717) is 52.6 Å². The van der Waals surface area contributed by atoms with E-state index in [4.69, 9.17) is 39.5 Å². The lowest BCUT2D eigenvalue weighted by Gasteiger charge is -2.34. The molecule has 2 heterocycles. The molecule has 196 valence electrons. The van der Waals surface area contributed by atoms with E-state index >= 15 is 0 Å². The first kappa shape index (κ1) is 26.6. The minimum absolute atomic E-state index is 0.178. The van der Waals surface area contributed by atoms with Crippen molar-refractivity contribution >= 4 is 58.2 Å². The average molecular weight is 571 g/mol. The van der Waals surface area contributed by atoms with Gasteiger partial charge < -0.3 is 10.1 Å². The number of rotatable bonds is 6. The molecule has 6 nitrogen and oxygen atoms in total. The fourth-order valence-electron chi connectivity index (χ4n) is 5.42. The van der Waals surface area contributed by atoms with Crippen molar-refractivity contribution < 1.29 is 14.3 Å². The summed E-state index contributed by atoms with van der Waals surface area (Å²) >= 11 is 19.8. The Kier molecular flexibility index (Phi) is 7.68. The molecule has 3 aromatic rings. The van der Waals surface area contributed by atoms with Crippen molar-refractivity contribution in [3.05, 3.63) is 93.4 Å². The van der Waals surface area contributed by atoms with Gasteiger partial charge in [-0.25, -0.2) is 4.79 Å². The molecular formula is C29H26Cl3N3O3. The Morgan fingerprint density at radius 1 is 1.05 bits per heavy atom. The summed E-state index contributed by atoms with van der Waals surface area (Å²) < 4.78 is 5.18. The molecule has 1 unspecified atom stereocenters. The number of carbonyl (C=O) groups excluding carboxylic acids is 2. The van der Waals surface area contributed by atoms with Gasteiger partial charge in [-0.15, -0.1) is 6.58 Å². The van der Waals surface area contributed by atoms with Crippen LogP contribution in [-0.4, -0.2) is 43.6 Å². The Labute approximate surface area is 236 Å². The first-order valence-corrected chi connectivity index (χ1v) is 13.3. The molecule has 38 heavy (non-hydrogen) atoms. The van der Waals surface area contributed by atoms with Crippen LogP contribution in [0, 0.1) is 5.92 Å². The van der Waals surface area contributed by atoms with Crippen LogP contribution in [0.2, 0.25) is 15.1 Å². The second kappa shape index (κ2) is 11.0. The lowest BCUT2D eigenvalue weighted by Crippen LogP contribution is -2.42.